The zero-order valence-corrected chi connectivity index (χ0v) is 12.1. The van der Waals surface area contributed by atoms with Gasteiger partial charge in [0.25, 0.3) is 0 Å². The zero-order chi connectivity index (χ0) is 13.5. The van der Waals surface area contributed by atoms with Crippen molar-refractivity contribution in [3.63, 3.8) is 0 Å². The standard InChI is InChI=1S/C18H25NO/c20-18-9-7-15(14-4-2-1-3-5-14)11-17(18)19-12-13-6-8-16(19)10-13/h1-5,13,15-18,20H,6-12H2. The number of rotatable bonds is 2. The molecule has 2 heteroatoms. The van der Waals surface area contributed by atoms with Crippen molar-refractivity contribution in [3.8, 4) is 0 Å². The normalized spacial score (nSPS) is 41.1. The van der Waals surface area contributed by atoms with Gasteiger partial charge >= 0.3 is 0 Å². The number of piperidine rings is 1. The number of likely N-dealkylation sites (tertiary alicyclic amines) is 1. The summed E-state index contributed by atoms with van der Waals surface area (Å²) < 4.78 is 0. The molecule has 2 saturated carbocycles. The highest BCUT2D eigenvalue weighted by atomic mass is 16.3. The van der Waals surface area contributed by atoms with E-state index in [0.29, 0.717) is 12.0 Å². The van der Waals surface area contributed by atoms with Gasteiger partial charge in [0.15, 0.2) is 0 Å². The van der Waals surface area contributed by atoms with Crippen molar-refractivity contribution in [2.45, 2.75) is 62.6 Å². The Morgan fingerprint density at radius 2 is 1.80 bits per heavy atom. The van der Waals surface area contributed by atoms with E-state index in [4.69, 9.17) is 0 Å². The summed E-state index contributed by atoms with van der Waals surface area (Å²) in [5, 5.41) is 10.5. The lowest BCUT2D eigenvalue weighted by atomic mass is 9.79. The minimum Gasteiger partial charge on any atom is -0.391 e. The molecule has 2 aliphatic carbocycles. The summed E-state index contributed by atoms with van der Waals surface area (Å²) in [6, 6.07) is 12.1. The molecule has 1 saturated heterocycles. The number of aliphatic hydroxyl groups is 1. The van der Waals surface area contributed by atoms with Crippen LogP contribution in [0.1, 0.15) is 50.0 Å². The smallest absolute Gasteiger partial charge is 0.0695 e. The van der Waals surface area contributed by atoms with Gasteiger partial charge in [-0.25, -0.2) is 0 Å². The summed E-state index contributed by atoms with van der Waals surface area (Å²) in [5.74, 6) is 1.56. The quantitative estimate of drug-likeness (QED) is 0.893. The van der Waals surface area contributed by atoms with Crippen molar-refractivity contribution in [1.29, 1.82) is 0 Å². The maximum absolute atomic E-state index is 10.5. The Bertz CT molecular complexity index is 460. The van der Waals surface area contributed by atoms with Crippen LogP contribution in [0.4, 0.5) is 0 Å². The molecule has 0 amide bonds. The van der Waals surface area contributed by atoms with Gasteiger partial charge in [0.2, 0.25) is 0 Å². The predicted octanol–water partition coefficient (Wildman–Crippen LogP) is 3.17. The molecule has 3 fully saturated rings. The molecule has 1 N–H and O–H groups in total. The molecule has 1 aromatic carbocycles. The lowest BCUT2D eigenvalue weighted by Crippen LogP contribution is -2.50. The fourth-order valence-corrected chi connectivity index (χ4v) is 4.88. The van der Waals surface area contributed by atoms with Crippen LogP contribution in [-0.4, -0.2) is 34.7 Å². The first-order chi connectivity index (χ1) is 9.81. The molecule has 2 bridgehead atoms. The number of hydrogen-bond donors (Lipinski definition) is 1. The van der Waals surface area contributed by atoms with Crippen LogP contribution in [0.2, 0.25) is 0 Å². The number of nitrogens with zero attached hydrogens (tertiary/aromatic N) is 1. The molecule has 0 spiro atoms. The molecule has 3 aliphatic rings. The van der Waals surface area contributed by atoms with Crippen molar-refractivity contribution in [2.75, 3.05) is 6.54 Å². The Balaban J connectivity index is 1.51. The van der Waals surface area contributed by atoms with Gasteiger partial charge in [0, 0.05) is 18.6 Å². The highest BCUT2D eigenvalue weighted by Gasteiger charge is 2.44. The van der Waals surface area contributed by atoms with Crippen LogP contribution in [0.25, 0.3) is 0 Å². The van der Waals surface area contributed by atoms with Gasteiger partial charge in [-0.1, -0.05) is 30.3 Å². The third kappa shape index (κ3) is 2.19. The monoisotopic (exact) mass is 271 g/mol. The molecule has 0 radical (unpaired) electrons. The maximum Gasteiger partial charge on any atom is 0.0695 e. The van der Waals surface area contributed by atoms with Gasteiger partial charge < -0.3 is 5.11 Å². The van der Waals surface area contributed by atoms with E-state index in [1.807, 2.05) is 0 Å². The Morgan fingerprint density at radius 1 is 0.950 bits per heavy atom. The third-order valence-corrected chi connectivity index (χ3v) is 5.93. The molecule has 5 unspecified atom stereocenters. The highest BCUT2D eigenvalue weighted by molar-refractivity contribution is 5.21. The number of benzene rings is 1. The average molecular weight is 271 g/mol. The highest BCUT2D eigenvalue weighted by Crippen LogP contribution is 2.43. The van der Waals surface area contributed by atoms with E-state index in [-0.39, 0.29) is 6.10 Å². The second-order valence-corrected chi connectivity index (χ2v) is 7.09. The van der Waals surface area contributed by atoms with E-state index < -0.39 is 0 Å². The van der Waals surface area contributed by atoms with E-state index in [2.05, 4.69) is 35.2 Å². The minimum absolute atomic E-state index is 0.102. The molecule has 5 atom stereocenters. The van der Waals surface area contributed by atoms with Crippen molar-refractivity contribution in [1.82, 2.24) is 4.90 Å². The Hall–Kier alpha value is -0.860. The second-order valence-electron chi connectivity index (χ2n) is 7.09. The Labute approximate surface area is 121 Å². The zero-order valence-electron chi connectivity index (χ0n) is 12.1. The lowest BCUT2D eigenvalue weighted by molar-refractivity contribution is -0.000554. The van der Waals surface area contributed by atoms with Crippen LogP contribution >= 0.6 is 0 Å². The number of fused-ring (bicyclic) bond motifs is 2. The van der Waals surface area contributed by atoms with Crippen molar-refractivity contribution < 1.29 is 5.11 Å². The summed E-state index contributed by atoms with van der Waals surface area (Å²) in [5.41, 5.74) is 1.47. The number of aliphatic hydroxyl groups excluding tert-OH is 1. The van der Waals surface area contributed by atoms with Crippen molar-refractivity contribution in [3.05, 3.63) is 35.9 Å². The van der Waals surface area contributed by atoms with Crippen LogP contribution < -0.4 is 0 Å². The molecule has 2 nitrogen and oxygen atoms in total. The van der Waals surface area contributed by atoms with Crippen LogP contribution in [0.15, 0.2) is 30.3 Å². The lowest BCUT2D eigenvalue weighted by Gasteiger charge is -2.42. The second kappa shape index (κ2) is 5.16. The molecule has 20 heavy (non-hydrogen) atoms. The van der Waals surface area contributed by atoms with Gasteiger partial charge in [0.05, 0.1) is 6.10 Å². The maximum atomic E-state index is 10.5. The summed E-state index contributed by atoms with van der Waals surface area (Å²) in [7, 11) is 0. The Morgan fingerprint density at radius 3 is 2.50 bits per heavy atom. The Kier molecular flexibility index (Phi) is 3.31. The fraction of sp³-hybridized carbons (Fsp3) is 0.667. The molecule has 1 heterocycles. The average Bonchev–Trinajstić information content (AvgIpc) is 3.11. The topological polar surface area (TPSA) is 23.5 Å². The van der Waals surface area contributed by atoms with Crippen LogP contribution in [0.5, 0.6) is 0 Å². The summed E-state index contributed by atoms with van der Waals surface area (Å²) >= 11 is 0. The van der Waals surface area contributed by atoms with Crippen LogP contribution in [-0.2, 0) is 0 Å². The SMILES string of the molecule is OC1CCC(c2ccccc2)CC1N1CC2CCC1C2. The van der Waals surface area contributed by atoms with E-state index >= 15 is 0 Å². The first-order valence-corrected chi connectivity index (χ1v) is 8.30. The summed E-state index contributed by atoms with van der Waals surface area (Å²) in [6.07, 6.45) is 7.33. The van der Waals surface area contributed by atoms with Crippen LogP contribution in [0, 0.1) is 5.92 Å². The van der Waals surface area contributed by atoms with Gasteiger partial charge in [-0.15, -0.1) is 0 Å². The molecule has 1 aromatic rings. The predicted molar refractivity (Wildman–Crippen MR) is 80.7 cm³/mol. The van der Waals surface area contributed by atoms with Gasteiger partial charge in [-0.3, -0.25) is 4.90 Å². The first-order valence-electron chi connectivity index (χ1n) is 8.30. The molecular formula is C18H25NO. The first kappa shape index (κ1) is 12.8. The molecular weight excluding hydrogens is 246 g/mol. The van der Waals surface area contributed by atoms with Crippen molar-refractivity contribution >= 4 is 0 Å². The molecule has 0 aromatic heterocycles. The largest absolute Gasteiger partial charge is 0.391 e. The summed E-state index contributed by atoms with van der Waals surface area (Å²) in [4.78, 5) is 2.66. The molecule has 4 rings (SSSR count). The van der Waals surface area contributed by atoms with Crippen LogP contribution in [0.3, 0.4) is 0 Å². The summed E-state index contributed by atoms with van der Waals surface area (Å²) in [6.45, 7) is 1.24. The van der Waals surface area contributed by atoms with Crippen molar-refractivity contribution in [2.24, 2.45) is 5.92 Å². The van der Waals surface area contributed by atoms with Gasteiger partial charge in [-0.2, -0.15) is 0 Å². The van der Waals surface area contributed by atoms with E-state index in [1.165, 1.54) is 31.4 Å². The van der Waals surface area contributed by atoms with E-state index in [9.17, 15) is 5.11 Å². The van der Waals surface area contributed by atoms with E-state index in [0.717, 1.165) is 31.2 Å². The van der Waals surface area contributed by atoms with E-state index in [1.54, 1.807) is 0 Å². The minimum atomic E-state index is -0.102. The van der Waals surface area contributed by atoms with Gasteiger partial charge in [-0.05, 0) is 55.9 Å². The molecule has 1 aliphatic heterocycles. The third-order valence-electron chi connectivity index (χ3n) is 5.93. The fourth-order valence-electron chi connectivity index (χ4n) is 4.88. The van der Waals surface area contributed by atoms with Gasteiger partial charge in [0.1, 0.15) is 0 Å². The molecule has 108 valence electrons. The number of hydrogen-bond acceptors (Lipinski definition) is 2.